The first-order valence-electron chi connectivity index (χ1n) is 38.5. The van der Waals surface area contributed by atoms with Crippen LogP contribution in [0.1, 0.15) is 199 Å². The maximum atomic E-state index is 15.6. The summed E-state index contributed by atoms with van der Waals surface area (Å²) in [6.45, 7) is 24.5. The minimum Gasteiger partial charge on any atom is -0.391 e. The molecule has 4 fully saturated rings. The van der Waals surface area contributed by atoms with Crippen molar-refractivity contribution < 1.29 is 72.1 Å². The zero-order chi connectivity index (χ0) is 77.1. The molecular weight excluding hydrogens is 1320 g/mol. The van der Waals surface area contributed by atoms with Crippen LogP contribution in [0.3, 0.4) is 0 Å². The largest absolute Gasteiger partial charge is 0.391 e. The van der Waals surface area contributed by atoms with Crippen LogP contribution in [-0.4, -0.2) is 301 Å². The second-order valence-electron chi connectivity index (χ2n) is 31.1. The van der Waals surface area contributed by atoms with Gasteiger partial charge in [0.25, 0.3) is 0 Å². The van der Waals surface area contributed by atoms with Gasteiger partial charge in [0.15, 0.2) is 0 Å². The minimum absolute atomic E-state index is 0.00107. The first-order valence-corrected chi connectivity index (χ1v) is 38.5. The Balaban J connectivity index is 1.97. The van der Waals surface area contributed by atoms with E-state index in [1.165, 1.54) is 83.5 Å². The number of amides is 12. The monoisotopic (exact) mass is 1460 g/mol. The lowest BCUT2D eigenvalue weighted by Crippen LogP contribution is -2.62. The number of nitrogens with zero attached hydrogens (tertiary/aromatic N) is 9. The fourth-order valence-corrected chi connectivity index (χ4v) is 14.5. The van der Waals surface area contributed by atoms with Crippen molar-refractivity contribution in [2.24, 2.45) is 29.6 Å². The molecule has 0 radical (unpaired) electrons. The number of hydrogen-bond acceptors (Lipinski definition) is 16. The van der Waals surface area contributed by atoms with Gasteiger partial charge in [-0.1, -0.05) is 115 Å². The quantitative estimate of drug-likeness (QED) is 0.0967. The standard InChI is InChI=1S/C75H133N13O15/c1-19-22-31-88-46-64(91)81(14)59(41-49(6)7)67(93)77-55(72(98)87-32-27-24-28-33-87)45-63(90)80(13)57(20-2)66(92)76-54(40-48(4)5)70(96)85(18)62(43-51(10)11)74(100)84(17)61(44-53-29-25-23-26-30-53)68(94)78-56(47-103-39-36-86-34-37-102-38-35-86)71(97)82(15)58(21-3)73(99)83(16)60(42-50(8)9)69(95)79-65(52(12)89)75(88)101/h48-62,65,89H,19-47H2,1-18H3,(H,76,92)(H,77,93)(H,78,94)(H,79,95)/t52-,54+,55+,56+,57+,58+,59+,60+,61+,62+,65+/m1/s1. The molecule has 0 bridgehead atoms. The Morgan fingerprint density at radius 3 is 1.51 bits per heavy atom. The van der Waals surface area contributed by atoms with Crippen LogP contribution in [0.25, 0.3) is 0 Å². The van der Waals surface area contributed by atoms with Gasteiger partial charge in [-0.15, -0.1) is 0 Å². The van der Waals surface area contributed by atoms with E-state index < -0.39 is 150 Å². The normalized spacial score (nSPS) is 26.9. The summed E-state index contributed by atoms with van der Waals surface area (Å²) in [5.41, 5.74) is 0. The molecule has 1 aliphatic carbocycles. The van der Waals surface area contributed by atoms with Crippen LogP contribution in [-0.2, 0) is 67.0 Å². The summed E-state index contributed by atoms with van der Waals surface area (Å²) >= 11 is 0. The van der Waals surface area contributed by atoms with Gasteiger partial charge < -0.3 is 75.0 Å². The molecule has 0 aromatic heterocycles. The lowest BCUT2D eigenvalue weighted by atomic mass is 9.84. The van der Waals surface area contributed by atoms with Crippen LogP contribution < -0.4 is 21.3 Å². The molecule has 3 heterocycles. The second kappa shape index (κ2) is 43.8. The zero-order valence-corrected chi connectivity index (χ0v) is 65.9. The number of hydrogen-bond donors (Lipinski definition) is 5. The van der Waals surface area contributed by atoms with Crippen molar-refractivity contribution in [2.45, 2.75) is 265 Å². The molecule has 0 spiro atoms. The SMILES string of the molecule is CCCCN1CC(=O)N(C)[C@@H](CC(C)C)C(=O)N[C@H](C(=O)N2CCCCC2)CC(=O)N(C)[C@@H](CC)C(=O)N[C@@H](CC(C)C)C(=O)N(C)[C@@H](CC(C)C)C(=O)N(C)[C@@H](CC2CCCCC2)C(=O)N[C@@H](COCCN2CCOCC2)C(=O)N(C)[C@@H](CC)C(=O)N(C)[C@@H](CC(C)C)C(=O)N[C@@H]([C@@H](C)O)C1=O. The van der Waals surface area contributed by atoms with Gasteiger partial charge in [-0.3, -0.25) is 62.4 Å². The van der Waals surface area contributed by atoms with E-state index in [0.29, 0.717) is 71.6 Å². The Labute approximate surface area is 615 Å². The Morgan fingerprint density at radius 1 is 0.495 bits per heavy atom. The maximum Gasteiger partial charge on any atom is 0.248 e. The number of nitrogens with one attached hydrogen (secondary N) is 4. The molecular formula is C75H133N13O15. The number of morpholine rings is 1. The number of carbonyl (C=O) groups excluding carboxylic acids is 12. The van der Waals surface area contributed by atoms with Crippen LogP contribution in [0.4, 0.5) is 0 Å². The number of aliphatic hydroxyl groups excluding tert-OH is 1. The number of piperidine rings is 1. The molecule has 1 saturated carbocycles. The van der Waals surface area contributed by atoms with E-state index in [-0.39, 0.29) is 94.3 Å². The highest BCUT2D eigenvalue weighted by Crippen LogP contribution is 2.30. The van der Waals surface area contributed by atoms with Crippen molar-refractivity contribution in [2.75, 3.05) is 115 Å². The smallest absolute Gasteiger partial charge is 0.248 e. The summed E-state index contributed by atoms with van der Waals surface area (Å²) in [5.74, 6) is -8.85. The van der Waals surface area contributed by atoms with Crippen molar-refractivity contribution in [1.29, 1.82) is 0 Å². The van der Waals surface area contributed by atoms with Crippen molar-refractivity contribution in [3.8, 4) is 0 Å². The van der Waals surface area contributed by atoms with E-state index in [1.54, 1.807) is 18.7 Å². The lowest BCUT2D eigenvalue weighted by molar-refractivity contribution is -0.152. The molecule has 4 aliphatic rings. The van der Waals surface area contributed by atoms with Crippen LogP contribution in [0.2, 0.25) is 0 Å². The number of carbonyl (C=O) groups is 12. The lowest BCUT2D eigenvalue weighted by Gasteiger charge is -2.39. The first kappa shape index (κ1) is 88.9. The van der Waals surface area contributed by atoms with E-state index in [2.05, 4.69) is 26.2 Å². The first-order chi connectivity index (χ1) is 48.6. The third kappa shape index (κ3) is 26.8. The molecule has 5 N–H and O–H groups in total. The van der Waals surface area contributed by atoms with Crippen molar-refractivity contribution in [3.05, 3.63) is 0 Å². The van der Waals surface area contributed by atoms with Crippen molar-refractivity contribution >= 4 is 70.9 Å². The Bertz CT molecular complexity index is 2770. The highest BCUT2D eigenvalue weighted by Gasteiger charge is 2.44. The summed E-state index contributed by atoms with van der Waals surface area (Å²) in [6.07, 6.45) is 6.26. The molecule has 3 aliphatic heterocycles. The third-order valence-corrected chi connectivity index (χ3v) is 20.9. The summed E-state index contributed by atoms with van der Waals surface area (Å²) in [4.78, 5) is 193. The number of aliphatic hydroxyl groups is 1. The summed E-state index contributed by atoms with van der Waals surface area (Å²) in [5, 5.41) is 22.9. The Morgan fingerprint density at radius 2 is 0.961 bits per heavy atom. The molecule has 103 heavy (non-hydrogen) atoms. The fraction of sp³-hybridized carbons (Fsp3) is 0.840. The predicted molar refractivity (Wildman–Crippen MR) is 393 cm³/mol. The van der Waals surface area contributed by atoms with Gasteiger partial charge in [-0.2, -0.15) is 0 Å². The molecule has 588 valence electrons. The molecule has 0 aromatic carbocycles. The number of likely N-dealkylation sites (tertiary alicyclic amines) is 1. The van der Waals surface area contributed by atoms with Gasteiger partial charge in [0.1, 0.15) is 60.4 Å². The van der Waals surface area contributed by atoms with Crippen LogP contribution >= 0.6 is 0 Å². The van der Waals surface area contributed by atoms with Crippen LogP contribution in [0.5, 0.6) is 0 Å². The predicted octanol–water partition coefficient (Wildman–Crippen LogP) is 3.64. The molecule has 4 rings (SSSR count). The van der Waals surface area contributed by atoms with Gasteiger partial charge in [0, 0.05) is 81.6 Å². The molecule has 28 heteroatoms. The van der Waals surface area contributed by atoms with Gasteiger partial charge in [-0.25, -0.2) is 0 Å². The zero-order valence-electron chi connectivity index (χ0n) is 65.9. The van der Waals surface area contributed by atoms with E-state index in [4.69, 9.17) is 9.47 Å². The molecule has 3 saturated heterocycles. The topological polar surface area (TPSA) is 321 Å². The minimum atomic E-state index is -1.64. The highest BCUT2D eigenvalue weighted by atomic mass is 16.5. The highest BCUT2D eigenvalue weighted by molar-refractivity contribution is 6.00. The fourth-order valence-electron chi connectivity index (χ4n) is 14.5. The van der Waals surface area contributed by atoms with E-state index >= 15 is 24.0 Å². The van der Waals surface area contributed by atoms with Gasteiger partial charge in [0.2, 0.25) is 70.9 Å². The van der Waals surface area contributed by atoms with Crippen molar-refractivity contribution in [1.82, 2.24) is 65.4 Å². The maximum absolute atomic E-state index is 15.6. The Hall–Kier alpha value is -6.52. The summed E-state index contributed by atoms with van der Waals surface area (Å²) in [6, 6.07) is -13.0. The number of unbranched alkanes of at least 4 members (excludes halogenated alkanes) is 1. The average Bonchev–Trinajstić information content (AvgIpc) is 0.863. The number of ether oxygens (including phenoxy) is 2. The third-order valence-electron chi connectivity index (χ3n) is 20.9. The van der Waals surface area contributed by atoms with Gasteiger partial charge in [0.05, 0.1) is 45.5 Å². The van der Waals surface area contributed by atoms with Gasteiger partial charge in [-0.05, 0) is 107 Å². The second-order valence-corrected chi connectivity index (χ2v) is 31.1. The van der Waals surface area contributed by atoms with Crippen LogP contribution in [0.15, 0.2) is 0 Å². The summed E-state index contributed by atoms with van der Waals surface area (Å²) in [7, 11) is 8.71. The van der Waals surface area contributed by atoms with Gasteiger partial charge >= 0.3 is 0 Å². The molecule has 0 unspecified atom stereocenters. The van der Waals surface area contributed by atoms with E-state index in [0.717, 1.165) is 38.5 Å². The van der Waals surface area contributed by atoms with E-state index in [9.17, 15) is 38.7 Å². The number of rotatable bonds is 22. The summed E-state index contributed by atoms with van der Waals surface area (Å²) < 4.78 is 11.8. The Kier molecular flexibility index (Phi) is 37.8. The molecule has 11 atom stereocenters. The molecule has 28 nitrogen and oxygen atoms in total. The molecule has 0 aromatic rings. The van der Waals surface area contributed by atoms with E-state index in [1.807, 2.05) is 62.3 Å². The molecule has 12 amide bonds. The average molecular weight is 1460 g/mol. The van der Waals surface area contributed by atoms with Crippen LogP contribution in [0, 0.1) is 29.6 Å². The van der Waals surface area contributed by atoms with Crippen molar-refractivity contribution in [3.63, 3.8) is 0 Å². The number of likely N-dealkylation sites (N-methyl/N-ethyl adjacent to an activating group) is 6.